The van der Waals surface area contributed by atoms with E-state index in [1.165, 1.54) is 0 Å². The van der Waals surface area contributed by atoms with Crippen molar-refractivity contribution in [1.29, 1.82) is 0 Å². The number of nitrogens with zero attached hydrogens (tertiary/aromatic N) is 4. The number of amides is 1. The molecular weight excluding hydrogens is 350 g/mol. The summed E-state index contributed by atoms with van der Waals surface area (Å²) in [7, 11) is 2.10. The highest BCUT2D eigenvalue weighted by atomic mass is 16.2. The van der Waals surface area contributed by atoms with Gasteiger partial charge in [-0.15, -0.1) is 0 Å². The molecule has 2 fully saturated rings. The van der Waals surface area contributed by atoms with Gasteiger partial charge < -0.3 is 14.8 Å². The molecule has 1 aliphatic carbocycles. The van der Waals surface area contributed by atoms with Gasteiger partial charge in [0.1, 0.15) is 17.8 Å². The summed E-state index contributed by atoms with van der Waals surface area (Å²) in [5.74, 6) is 1.64. The Morgan fingerprint density at radius 3 is 2.61 bits per heavy atom. The van der Waals surface area contributed by atoms with Crippen LogP contribution in [0.1, 0.15) is 24.2 Å². The molecule has 6 nitrogen and oxygen atoms in total. The largest absolute Gasteiger partial charge is 0.359 e. The van der Waals surface area contributed by atoms with Gasteiger partial charge in [-0.25, -0.2) is 9.97 Å². The molecule has 1 saturated heterocycles. The Hall–Kier alpha value is -2.89. The minimum atomic E-state index is 0.146. The second-order valence-corrected chi connectivity index (χ2v) is 8.73. The third kappa shape index (κ3) is 2.30. The van der Waals surface area contributed by atoms with Gasteiger partial charge in [0, 0.05) is 38.4 Å². The Balaban J connectivity index is 1.32. The van der Waals surface area contributed by atoms with Crippen LogP contribution in [0.25, 0.3) is 11.0 Å². The predicted molar refractivity (Wildman–Crippen MR) is 109 cm³/mol. The van der Waals surface area contributed by atoms with Crippen LogP contribution in [0.4, 0.5) is 5.82 Å². The van der Waals surface area contributed by atoms with E-state index in [1.54, 1.807) is 6.33 Å². The van der Waals surface area contributed by atoms with E-state index in [9.17, 15) is 4.79 Å². The van der Waals surface area contributed by atoms with Gasteiger partial charge in [-0.1, -0.05) is 32.0 Å². The quantitative estimate of drug-likeness (QED) is 0.761. The Morgan fingerprint density at radius 2 is 1.89 bits per heavy atom. The van der Waals surface area contributed by atoms with Crippen LogP contribution in [0.3, 0.4) is 0 Å². The highest BCUT2D eigenvalue weighted by Gasteiger charge is 2.75. The van der Waals surface area contributed by atoms with E-state index in [1.807, 2.05) is 47.5 Å². The molecular formula is C22H25N5O. The summed E-state index contributed by atoms with van der Waals surface area (Å²) < 4.78 is 0. The zero-order valence-corrected chi connectivity index (χ0v) is 16.5. The number of hydrogen-bond acceptors (Lipinski definition) is 4. The molecule has 28 heavy (non-hydrogen) atoms. The number of aromatic amines is 1. The lowest BCUT2D eigenvalue weighted by Gasteiger charge is -2.26. The number of likely N-dealkylation sites (tertiary alicyclic amines) is 1. The maximum Gasteiger partial charge on any atom is 0.253 e. The van der Waals surface area contributed by atoms with Crippen molar-refractivity contribution in [2.24, 2.45) is 16.7 Å². The van der Waals surface area contributed by atoms with Crippen molar-refractivity contribution in [1.82, 2.24) is 19.9 Å². The number of carbonyl (C=O) groups is 1. The number of benzene rings is 1. The van der Waals surface area contributed by atoms with Crippen molar-refractivity contribution in [3.05, 3.63) is 54.5 Å². The number of hydrogen-bond donors (Lipinski definition) is 1. The molecule has 1 unspecified atom stereocenters. The first-order chi connectivity index (χ1) is 13.4. The zero-order chi connectivity index (χ0) is 19.5. The van der Waals surface area contributed by atoms with Crippen LogP contribution in [-0.4, -0.2) is 52.4 Å². The molecule has 3 heterocycles. The van der Waals surface area contributed by atoms with Gasteiger partial charge in [0.25, 0.3) is 5.91 Å². The summed E-state index contributed by atoms with van der Waals surface area (Å²) in [4.78, 5) is 29.1. The van der Waals surface area contributed by atoms with Gasteiger partial charge in [0.05, 0.1) is 5.39 Å². The molecule has 3 aromatic rings. The second kappa shape index (κ2) is 5.80. The molecule has 0 bridgehead atoms. The number of aromatic nitrogens is 3. The Kier molecular flexibility index (Phi) is 3.57. The molecule has 5 rings (SSSR count). The standard InChI is InChI=1S/C22H25N5O/c1-21-12-27(20(28)15-7-5-4-6-8-15)13-22(21,2)17(21)11-26(3)19-16-9-10-23-18(16)24-14-25-19/h4-10,14,17H,11-13H2,1-3H3,(H,23,24,25)/t17?,21-,22+. The lowest BCUT2D eigenvalue weighted by atomic mass is 10.0. The summed E-state index contributed by atoms with van der Waals surface area (Å²) in [5, 5.41) is 1.05. The summed E-state index contributed by atoms with van der Waals surface area (Å²) in [6.07, 6.45) is 3.51. The molecule has 1 N–H and O–H groups in total. The summed E-state index contributed by atoms with van der Waals surface area (Å²) >= 11 is 0. The first-order valence-electron chi connectivity index (χ1n) is 9.77. The van der Waals surface area contributed by atoms with E-state index in [0.717, 1.165) is 42.0 Å². The van der Waals surface area contributed by atoms with E-state index in [2.05, 4.69) is 40.7 Å². The lowest BCUT2D eigenvalue weighted by molar-refractivity contribution is 0.0748. The molecule has 1 aromatic carbocycles. The van der Waals surface area contributed by atoms with Crippen LogP contribution >= 0.6 is 0 Å². The topological polar surface area (TPSA) is 65.1 Å². The van der Waals surface area contributed by atoms with Gasteiger partial charge >= 0.3 is 0 Å². The highest BCUT2D eigenvalue weighted by molar-refractivity contribution is 5.94. The molecule has 2 aliphatic rings. The fraction of sp³-hybridized carbons (Fsp3) is 0.409. The number of H-pyrrole nitrogens is 1. The lowest BCUT2D eigenvalue weighted by Crippen LogP contribution is -2.36. The van der Waals surface area contributed by atoms with Crippen molar-refractivity contribution in [2.45, 2.75) is 13.8 Å². The number of carbonyl (C=O) groups excluding carboxylic acids is 1. The maximum atomic E-state index is 12.9. The van der Waals surface area contributed by atoms with Crippen molar-refractivity contribution in [2.75, 3.05) is 31.6 Å². The number of rotatable bonds is 4. The number of nitrogens with one attached hydrogen (secondary N) is 1. The monoisotopic (exact) mass is 375 g/mol. The van der Waals surface area contributed by atoms with Crippen molar-refractivity contribution in [3.8, 4) is 0 Å². The average Bonchev–Trinajstić information content (AvgIpc) is 3.11. The number of piperidine rings is 1. The summed E-state index contributed by atoms with van der Waals surface area (Å²) in [5.41, 5.74) is 1.94. The Morgan fingerprint density at radius 1 is 1.18 bits per heavy atom. The number of fused-ring (bicyclic) bond motifs is 2. The van der Waals surface area contributed by atoms with Gasteiger partial charge in [-0.2, -0.15) is 0 Å². The van der Waals surface area contributed by atoms with E-state index in [4.69, 9.17) is 0 Å². The molecule has 6 heteroatoms. The molecule has 3 atom stereocenters. The Bertz CT molecular complexity index is 1030. The van der Waals surface area contributed by atoms with Gasteiger partial charge in [-0.05, 0) is 34.9 Å². The Labute approximate surface area is 164 Å². The zero-order valence-electron chi connectivity index (χ0n) is 16.5. The first kappa shape index (κ1) is 17.2. The molecule has 0 radical (unpaired) electrons. The average molecular weight is 375 g/mol. The molecule has 1 saturated carbocycles. The van der Waals surface area contributed by atoms with Crippen LogP contribution in [0.2, 0.25) is 0 Å². The predicted octanol–water partition coefficient (Wildman–Crippen LogP) is 3.19. The maximum absolute atomic E-state index is 12.9. The van der Waals surface area contributed by atoms with Crippen molar-refractivity contribution < 1.29 is 4.79 Å². The van der Waals surface area contributed by atoms with Crippen LogP contribution in [0.15, 0.2) is 48.9 Å². The minimum Gasteiger partial charge on any atom is -0.359 e. The van der Waals surface area contributed by atoms with E-state index < -0.39 is 0 Å². The van der Waals surface area contributed by atoms with Gasteiger partial charge in [0.2, 0.25) is 0 Å². The summed E-state index contributed by atoms with van der Waals surface area (Å²) in [6.45, 7) is 7.22. The van der Waals surface area contributed by atoms with E-state index in [-0.39, 0.29) is 16.7 Å². The van der Waals surface area contributed by atoms with Crippen LogP contribution in [0, 0.1) is 16.7 Å². The van der Waals surface area contributed by atoms with Crippen LogP contribution in [-0.2, 0) is 0 Å². The van der Waals surface area contributed by atoms with Crippen LogP contribution < -0.4 is 4.90 Å². The molecule has 144 valence electrons. The second-order valence-electron chi connectivity index (χ2n) is 8.73. The first-order valence-corrected chi connectivity index (χ1v) is 9.77. The highest BCUT2D eigenvalue weighted by Crippen LogP contribution is 2.72. The van der Waals surface area contributed by atoms with Crippen molar-refractivity contribution in [3.63, 3.8) is 0 Å². The molecule has 0 spiro atoms. The van der Waals surface area contributed by atoms with E-state index in [0.29, 0.717) is 5.92 Å². The normalized spacial score (nSPS) is 28.4. The number of anilines is 1. The van der Waals surface area contributed by atoms with E-state index >= 15 is 0 Å². The molecule has 1 amide bonds. The van der Waals surface area contributed by atoms with Gasteiger partial charge in [0.15, 0.2) is 0 Å². The third-order valence-electron chi connectivity index (χ3n) is 7.26. The van der Waals surface area contributed by atoms with Crippen molar-refractivity contribution >= 4 is 22.8 Å². The fourth-order valence-electron chi connectivity index (χ4n) is 5.34. The SMILES string of the molecule is CN(CC1[C@]2(C)CN(C(=O)c3ccccc3)C[C@]12C)c1ncnc2[nH]ccc12. The van der Waals surface area contributed by atoms with Crippen LogP contribution in [0.5, 0.6) is 0 Å². The smallest absolute Gasteiger partial charge is 0.253 e. The fourth-order valence-corrected chi connectivity index (χ4v) is 5.34. The molecule has 1 aliphatic heterocycles. The third-order valence-corrected chi connectivity index (χ3v) is 7.26. The molecule has 2 aromatic heterocycles. The van der Waals surface area contributed by atoms with Gasteiger partial charge in [-0.3, -0.25) is 4.79 Å². The minimum absolute atomic E-state index is 0.146. The summed E-state index contributed by atoms with van der Waals surface area (Å²) in [6, 6.07) is 11.6.